The molecule has 202 valence electrons. The highest BCUT2D eigenvalue weighted by atomic mass is 28.4. The van der Waals surface area contributed by atoms with Crippen LogP contribution in [0.5, 0.6) is 11.5 Å². The lowest BCUT2D eigenvalue weighted by Gasteiger charge is -2.36. The molecule has 0 N–H and O–H groups in total. The number of ether oxygens (including phenoxy) is 3. The van der Waals surface area contributed by atoms with Crippen LogP contribution in [-0.4, -0.2) is 55.5 Å². The van der Waals surface area contributed by atoms with Crippen LogP contribution in [0.25, 0.3) is 22.2 Å². The minimum atomic E-state index is -1.89. The molecule has 0 amide bonds. The van der Waals surface area contributed by atoms with Gasteiger partial charge in [-0.2, -0.15) is 5.10 Å². The van der Waals surface area contributed by atoms with Gasteiger partial charge in [-0.25, -0.2) is 4.98 Å². The van der Waals surface area contributed by atoms with Crippen LogP contribution < -0.4 is 9.47 Å². The van der Waals surface area contributed by atoms with Crippen LogP contribution in [0.3, 0.4) is 0 Å². The van der Waals surface area contributed by atoms with Crippen LogP contribution in [-0.2, 0) is 16.2 Å². The summed E-state index contributed by atoms with van der Waals surface area (Å²) in [7, 11) is 3.29. The molecule has 0 bridgehead atoms. The van der Waals surface area contributed by atoms with E-state index in [0.29, 0.717) is 24.7 Å². The first-order valence-corrected chi connectivity index (χ1v) is 15.7. The molecule has 0 aliphatic heterocycles. The largest absolute Gasteiger partial charge is 0.497 e. The number of rotatable bonds is 10. The predicted molar refractivity (Wildman–Crippen MR) is 152 cm³/mol. The summed E-state index contributed by atoms with van der Waals surface area (Å²) in [5.74, 6) is 1.37. The Morgan fingerprint density at radius 3 is 2.21 bits per heavy atom. The van der Waals surface area contributed by atoms with E-state index in [2.05, 4.69) is 43.9 Å². The summed E-state index contributed by atoms with van der Waals surface area (Å²) in [5, 5.41) is 4.41. The Balaban J connectivity index is 1.68. The van der Waals surface area contributed by atoms with Crippen molar-refractivity contribution in [3.05, 3.63) is 66.2 Å². The molecular weight excluding hydrogens is 496 g/mol. The fraction of sp³-hybridized carbons (Fsp3) is 0.414. The topological polar surface area (TPSA) is 80.5 Å². The van der Waals surface area contributed by atoms with E-state index in [-0.39, 0.29) is 5.04 Å². The number of aryl methyl sites for hydroxylation is 1. The van der Waals surface area contributed by atoms with E-state index in [1.54, 1.807) is 18.9 Å². The standard InChI is InChI=1S/C29H38N4O4Si/c1-29(2,3)38(7,8)37-12-11-36-28(20-13-23(34-5)16-24(14-20)35-6)26-10-9-25-27(32-26)15-21(17-30-25)22-18-31-33(4)19-22/h9-10,13-19,28H,11-12H2,1-8H3. The first kappa shape index (κ1) is 27.8. The maximum Gasteiger partial charge on any atom is 0.192 e. The molecule has 1 aromatic carbocycles. The fourth-order valence-corrected chi connectivity index (χ4v) is 4.94. The minimum absolute atomic E-state index is 0.130. The van der Waals surface area contributed by atoms with Crippen molar-refractivity contribution in [2.24, 2.45) is 7.05 Å². The van der Waals surface area contributed by atoms with Crippen molar-refractivity contribution < 1.29 is 18.6 Å². The number of aromatic nitrogens is 4. The van der Waals surface area contributed by atoms with Gasteiger partial charge in [0.2, 0.25) is 0 Å². The molecule has 0 radical (unpaired) electrons. The van der Waals surface area contributed by atoms with Gasteiger partial charge in [0.25, 0.3) is 0 Å². The molecule has 1 unspecified atom stereocenters. The quantitative estimate of drug-likeness (QED) is 0.178. The number of pyridine rings is 2. The Kier molecular flexibility index (Phi) is 8.20. The Morgan fingerprint density at radius 1 is 0.895 bits per heavy atom. The predicted octanol–water partition coefficient (Wildman–Crippen LogP) is 6.18. The lowest BCUT2D eigenvalue weighted by Crippen LogP contribution is -2.41. The zero-order valence-electron chi connectivity index (χ0n) is 23.6. The van der Waals surface area contributed by atoms with Crippen LogP contribution in [0, 0.1) is 0 Å². The molecule has 4 aromatic rings. The number of methoxy groups -OCH3 is 2. The summed E-state index contributed by atoms with van der Waals surface area (Å²) in [6.45, 7) is 12.1. The third kappa shape index (κ3) is 6.23. The highest BCUT2D eigenvalue weighted by molar-refractivity contribution is 6.74. The average Bonchev–Trinajstić information content (AvgIpc) is 3.33. The Hall–Kier alpha value is -3.27. The molecule has 3 aromatic heterocycles. The van der Waals surface area contributed by atoms with Crippen molar-refractivity contribution in [2.75, 3.05) is 27.4 Å². The lowest BCUT2D eigenvalue weighted by molar-refractivity contribution is 0.0505. The first-order valence-electron chi connectivity index (χ1n) is 12.7. The molecule has 3 heterocycles. The van der Waals surface area contributed by atoms with Gasteiger partial charge in [-0.05, 0) is 54.0 Å². The SMILES string of the molecule is COc1cc(OC)cc(C(OCCO[Si](C)(C)C(C)(C)C)c2ccc3ncc(-c4cnn(C)c4)cc3n2)c1. The van der Waals surface area contributed by atoms with Gasteiger partial charge in [0.15, 0.2) is 8.32 Å². The second-order valence-corrected chi connectivity index (χ2v) is 15.7. The fourth-order valence-electron chi connectivity index (χ4n) is 3.91. The van der Waals surface area contributed by atoms with Crippen molar-refractivity contribution in [2.45, 2.75) is 45.0 Å². The molecule has 0 fully saturated rings. The van der Waals surface area contributed by atoms with Crippen LogP contribution in [0.2, 0.25) is 18.1 Å². The van der Waals surface area contributed by atoms with E-state index in [9.17, 15) is 0 Å². The molecule has 0 saturated carbocycles. The van der Waals surface area contributed by atoms with Gasteiger partial charge >= 0.3 is 0 Å². The highest BCUT2D eigenvalue weighted by Crippen LogP contribution is 2.37. The number of hydrogen-bond donors (Lipinski definition) is 0. The first-order chi connectivity index (χ1) is 18.0. The normalized spacial score (nSPS) is 13.1. The third-order valence-corrected chi connectivity index (χ3v) is 11.7. The van der Waals surface area contributed by atoms with Crippen molar-refractivity contribution in [3.63, 3.8) is 0 Å². The summed E-state index contributed by atoms with van der Waals surface area (Å²) in [6, 6.07) is 11.7. The zero-order chi connectivity index (χ0) is 27.5. The zero-order valence-corrected chi connectivity index (χ0v) is 24.6. The molecule has 0 aliphatic rings. The van der Waals surface area contributed by atoms with Crippen molar-refractivity contribution in [1.82, 2.24) is 19.7 Å². The monoisotopic (exact) mass is 534 g/mol. The van der Waals surface area contributed by atoms with Crippen molar-refractivity contribution in [1.29, 1.82) is 0 Å². The minimum Gasteiger partial charge on any atom is -0.497 e. The highest BCUT2D eigenvalue weighted by Gasteiger charge is 2.37. The summed E-state index contributed by atoms with van der Waals surface area (Å²) >= 11 is 0. The molecule has 4 rings (SSSR count). The van der Waals surface area contributed by atoms with Crippen LogP contribution in [0.1, 0.15) is 38.1 Å². The Labute approximate surface area is 226 Å². The van der Waals surface area contributed by atoms with E-state index < -0.39 is 14.4 Å². The molecule has 0 aliphatic carbocycles. The van der Waals surface area contributed by atoms with Gasteiger partial charge in [0.05, 0.1) is 50.4 Å². The Morgan fingerprint density at radius 2 is 1.61 bits per heavy atom. The summed E-state index contributed by atoms with van der Waals surface area (Å²) < 4.78 is 25.7. The molecule has 1 atom stereocenters. The number of hydrogen-bond acceptors (Lipinski definition) is 7. The number of fused-ring (bicyclic) bond motifs is 1. The molecule has 0 saturated heterocycles. The number of nitrogens with zero attached hydrogens (tertiary/aromatic N) is 4. The summed E-state index contributed by atoms with van der Waals surface area (Å²) in [6.07, 6.45) is 5.18. The smallest absolute Gasteiger partial charge is 0.192 e. The van der Waals surface area contributed by atoms with E-state index >= 15 is 0 Å². The van der Waals surface area contributed by atoms with Gasteiger partial charge in [0, 0.05) is 36.6 Å². The van der Waals surface area contributed by atoms with Gasteiger partial charge in [-0.1, -0.05) is 20.8 Å². The van der Waals surface area contributed by atoms with Crippen LogP contribution >= 0.6 is 0 Å². The van der Waals surface area contributed by atoms with Gasteiger partial charge in [-0.3, -0.25) is 9.67 Å². The number of benzene rings is 1. The van der Waals surface area contributed by atoms with Gasteiger partial charge < -0.3 is 18.6 Å². The van der Waals surface area contributed by atoms with E-state index in [4.69, 9.17) is 23.6 Å². The van der Waals surface area contributed by atoms with E-state index in [0.717, 1.165) is 33.4 Å². The van der Waals surface area contributed by atoms with E-state index in [1.165, 1.54) is 0 Å². The summed E-state index contributed by atoms with van der Waals surface area (Å²) in [4.78, 5) is 9.62. The second-order valence-electron chi connectivity index (χ2n) is 10.9. The molecule has 0 spiro atoms. The second kappa shape index (κ2) is 11.2. The molecule has 8 nitrogen and oxygen atoms in total. The van der Waals surface area contributed by atoms with Gasteiger partial charge in [-0.15, -0.1) is 0 Å². The third-order valence-electron chi connectivity index (χ3n) is 7.18. The van der Waals surface area contributed by atoms with Crippen LogP contribution in [0.15, 0.2) is 55.0 Å². The Bertz CT molecular complexity index is 1370. The molecular formula is C29H38N4O4Si. The maximum absolute atomic E-state index is 6.48. The van der Waals surface area contributed by atoms with Crippen molar-refractivity contribution >= 4 is 19.4 Å². The lowest BCUT2D eigenvalue weighted by atomic mass is 10.0. The average molecular weight is 535 g/mol. The van der Waals surface area contributed by atoms with E-state index in [1.807, 2.05) is 62.0 Å². The maximum atomic E-state index is 6.48. The summed E-state index contributed by atoms with van der Waals surface area (Å²) in [5.41, 5.74) is 5.19. The molecule has 38 heavy (non-hydrogen) atoms. The molecule has 9 heteroatoms. The van der Waals surface area contributed by atoms with Gasteiger partial charge in [0.1, 0.15) is 17.6 Å². The van der Waals surface area contributed by atoms with Crippen LogP contribution in [0.4, 0.5) is 0 Å². The van der Waals surface area contributed by atoms with Crippen molar-refractivity contribution in [3.8, 4) is 22.6 Å².